The second-order valence-corrected chi connectivity index (χ2v) is 10.1. The quantitative estimate of drug-likeness (QED) is 0.177. The SMILES string of the molecule is C=C(CN=C(N=C(N)c1ccc2ccccc2c1)c1cccc2oc3ccccc3c12)C1=CC=C1[C@@H](C)CC. The maximum absolute atomic E-state index is 6.64. The number of rotatable bonds is 7. The Balaban J connectivity index is 1.44. The van der Waals surface area contributed by atoms with Gasteiger partial charge >= 0.3 is 0 Å². The van der Waals surface area contributed by atoms with E-state index in [9.17, 15) is 0 Å². The van der Waals surface area contributed by atoms with Crippen molar-refractivity contribution >= 4 is 44.4 Å². The minimum Gasteiger partial charge on any atom is -0.456 e. The summed E-state index contributed by atoms with van der Waals surface area (Å²) in [4.78, 5) is 9.95. The lowest BCUT2D eigenvalue weighted by atomic mass is 9.82. The zero-order chi connectivity index (χ0) is 26.9. The molecule has 1 aliphatic rings. The van der Waals surface area contributed by atoms with Gasteiger partial charge in [0.25, 0.3) is 0 Å². The Kier molecular flexibility index (Phi) is 6.45. The van der Waals surface area contributed by atoms with Crippen molar-refractivity contribution in [2.45, 2.75) is 20.3 Å². The number of fused-ring (bicyclic) bond motifs is 4. The van der Waals surface area contributed by atoms with Gasteiger partial charge in [0.2, 0.25) is 0 Å². The number of aliphatic imine (C=N–C) groups is 2. The first-order chi connectivity index (χ1) is 19.0. The molecule has 4 heteroatoms. The topological polar surface area (TPSA) is 63.9 Å². The van der Waals surface area contributed by atoms with E-state index in [4.69, 9.17) is 20.1 Å². The van der Waals surface area contributed by atoms with Gasteiger partial charge in [0.15, 0.2) is 5.84 Å². The van der Waals surface area contributed by atoms with Crippen LogP contribution in [0, 0.1) is 5.92 Å². The van der Waals surface area contributed by atoms with Gasteiger partial charge in [-0.3, -0.25) is 4.99 Å². The molecule has 1 atom stereocenters. The molecule has 0 fully saturated rings. The van der Waals surface area contributed by atoms with Gasteiger partial charge in [-0.15, -0.1) is 0 Å². The van der Waals surface area contributed by atoms with Gasteiger partial charge in [0.05, 0.1) is 6.54 Å². The monoisotopic (exact) mass is 509 g/mol. The van der Waals surface area contributed by atoms with Crippen molar-refractivity contribution in [1.29, 1.82) is 0 Å². The van der Waals surface area contributed by atoms with E-state index in [1.807, 2.05) is 54.6 Å². The van der Waals surface area contributed by atoms with Crippen molar-refractivity contribution in [3.63, 3.8) is 0 Å². The van der Waals surface area contributed by atoms with Crippen LogP contribution >= 0.6 is 0 Å². The number of furan rings is 1. The third-order valence-corrected chi connectivity index (χ3v) is 7.60. The number of nitrogens with zero attached hydrogens (tertiary/aromatic N) is 2. The Morgan fingerprint density at radius 3 is 2.46 bits per heavy atom. The highest BCUT2D eigenvalue weighted by Gasteiger charge is 2.20. The Morgan fingerprint density at radius 1 is 0.897 bits per heavy atom. The fourth-order valence-corrected chi connectivity index (χ4v) is 5.16. The Morgan fingerprint density at radius 2 is 1.67 bits per heavy atom. The lowest BCUT2D eigenvalue weighted by Crippen LogP contribution is -2.17. The second-order valence-electron chi connectivity index (χ2n) is 10.1. The largest absolute Gasteiger partial charge is 0.456 e. The van der Waals surface area contributed by atoms with Gasteiger partial charge in [-0.2, -0.15) is 0 Å². The molecule has 5 aromatic rings. The van der Waals surface area contributed by atoms with Crippen LogP contribution in [0.3, 0.4) is 0 Å². The van der Waals surface area contributed by atoms with Gasteiger partial charge in [-0.05, 0) is 58.0 Å². The van der Waals surface area contributed by atoms with Crippen LogP contribution in [0.25, 0.3) is 32.7 Å². The van der Waals surface area contributed by atoms with Crippen LogP contribution in [0.1, 0.15) is 31.4 Å². The van der Waals surface area contributed by atoms with Crippen LogP contribution < -0.4 is 5.73 Å². The fraction of sp³-hybridized carbons (Fsp3) is 0.143. The fourth-order valence-electron chi connectivity index (χ4n) is 5.16. The van der Waals surface area contributed by atoms with Gasteiger partial charge in [-0.1, -0.05) is 99.3 Å². The number of benzene rings is 4. The molecule has 6 rings (SSSR count). The zero-order valence-corrected chi connectivity index (χ0v) is 22.3. The van der Waals surface area contributed by atoms with Gasteiger partial charge in [-0.25, -0.2) is 4.99 Å². The molecule has 0 saturated heterocycles. The van der Waals surface area contributed by atoms with E-state index >= 15 is 0 Å². The first-order valence-electron chi connectivity index (χ1n) is 13.4. The summed E-state index contributed by atoms with van der Waals surface area (Å²) in [7, 11) is 0. The lowest BCUT2D eigenvalue weighted by molar-refractivity contribution is 0.657. The standard InChI is InChI=1S/C35H31N3O/c1-4-22(2)27-18-19-28(27)23(3)21-37-35(38-34(36)26-17-16-24-10-5-6-11-25(24)20-26)30-13-9-15-32-33(30)29-12-7-8-14-31(29)39-32/h5-20,22H,3-4,21H2,1-2H3,(H2,36,37,38)/t22-/m0/s1. The smallest absolute Gasteiger partial charge is 0.158 e. The van der Waals surface area contributed by atoms with E-state index in [2.05, 4.69) is 62.9 Å². The van der Waals surface area contributed by atoms with Crippen molar-refractivity contribution in [3.05, 3.63) is 132 Å². The van der Waals surface area contributed by atoms with Crippen LogP contribution in [-0.2, 0) is 0 Å². The highest BCUT2D eigenvalue weighted by atomic mass is 16.3. The van der Waals surface area contributed by atoms with Crippen LogP contribution in [-0.4, -0.2) is 18.2 Å². The lowest BCUT2D eigenvalue weighted by Gasteiger charge is -2.24. The predicted molar refractivity (Wildman–Crippen MR) is 165 cm³/mol. The molecule has 2 N–H and O–H groups in total. The molecule has 192 valence electrons. The van der Waals surface area contributed by atoms with Crippen LogP contribution in [0.4, 0.5) is 0 Å². The first-order valence-corrected chi connectivity index (χ1v) is 13.4. The second kappa shape index (κ2) is 10.2. The van der Waals surface area contributed by atoms with Gasteiger partial charge in [0.1, 0.15) is 17.0 Å². The normalized spacial score (nSPS) is 14.8. The highest BCUT2D eigenvalue weighted by molar-refractivity contribution is 6.21. The van der Waals surface area contributed by atoms with Crippen LogP contribution in [0.5, 0.6) is 0 Å². The maximum atomic E-state index is 6.64. The Hall–Kier alpha value is -4.70. The molecule has 0 aliphatic heterocycles. The van der Waals surface area contributed by atoms with Crippen LogP contribution in [0.15, 0.2) is 135 Å². The van der Waals surface area contributed by atoms with E-state index in [-0.39, 0.29) is 0 Å². The maximum Gasteiger partial charge on any atom is 0.158 e. The number of nitrogens with two attached hydrogens (primary N) is 1. The third-order valence-electron chi connectivity index (χ3n) is 7.60. The van der Waals surface area contributed by atoms with E-state index in [1.54, 1.807) is 0 Å². The number of allylic oxidation sites excluding steroid dienone is 3. The molecular formula is C35H31N3O. The molecular weight excluding hydrogens is 478 g/mol. The van der Waals surface area contributed by atoms with Crippen molar-refractivity contribution < 1.29 is 4.42 Å². The van der Waals surface area contributed by atoms with Crippen LogP contribution in [0.2, 0.25) is 0 Å². The predicted octanol–water partition coefficient (Wildman–Crippen LogP) is 8.36. The summed E-state index contributed by atoms with van der Waals surface area (Å²) in [5.41, 5.74) is 13.5. The molecule has 39 heavy (non-hydrogen) atoms. The Labute approximate surface area is 228 Å². The zero-order valence-electron chi connectivity index (χ0n) is 22.3. The number of hydrogen-bond acceptors (Lipinski definition) is 2. The third kappa shape index (κ3) is 4.59. The van der Waals surface area contributed by atoms with E-state index in [0.717, 1.165) is 55.8 Å². The molecule has 0 saturated carbocycles. The highest BCUT2D eigenvalue weighted by Crippen LogP contribution is 2.35. The molecule has 1 aliphatic carbocycles. The summed E-state index contributed by atoms with van der Waals surface area (Å²) in [6.45, 7) is 9.25. The minimum atomic E-state index is 0.415. The minimum absolute atomic E-state index is 0.415. The molecule has 0 amide bonds. The number of hydrogen-bond donors (Lipinski definition) is 1. The summed E-state index contributed by atoms with van der Waals surface area (Å²) in [5, 5.41) is 4.28. The number of amidine groups is 2. The Bertz CT molecular complexity index is 1870. The molecule has 4 nitrogen and oxygen atoms in total. The molecule has 0 radical (unpaired) electrons. The summed E-state index contributed by atoms with van der Waals surface area (Å²) < 4.78 is 6.16. The van der Waals surface area contributed by atoms with Crippen molar-refractivity contribution in [1.82, 2.24) is 0 Å². The van der Waals surface area contributed by atoms with E-state index < -0.39 is 0 Å². The molecule has 1 aromatic heterocycles. The summed E-state index contributed by atoms with van der Waals surface area (Å²) in [6.07, 6.45) is 5.41. The van der Waals surface area contributed by atoms with Crippen molar-refractivity contribution in [3.8, 4) is 0 Å². The molecule has 0 unspecified atom stereocenters. The summed E-state index contributed by atoms with van der Waals surface area (Å²) in [6, 6.07) is 28.4. The average molecular weight is 510 g/mol. The molecule has 4 aromatic carbocycles. The van der Waals surface area contributed by atoms with E-state index in [0.29, 0.717) is 24.1 Å². The molecule has 0 bridgehead atoms. The van der Waals surface area contributed by atoms with Gasteiger partial charge in [0, 0.05) is 21.9 Å². The van der Waals surface area contributed by atoms with Crippen molar-refractivity contribution in [2.75, 3.05) is 6.54 Å². The van der Waals surface area contributed by atoms with Crippen molar-refractivity contribution in [2.24, 2.45) is 21.6 Å². The van der Waals surface area contributed by atoms with Gasteiger partial charge < -0.3 is 10.2 Å². The molecule has 0 spiro atoms. The summed E-state index contributed by atoms with van der Waals surface area (Å²) in [5.74, 6) is 1.48. The first kappa shape index (κ1) is 24.6. The van der Waals surface area contributed by atoms with E-state index in [1.165, 1.54) is 11.1 Å². The summed E-state index contributed by atoms with van der Waals surface area (Å²) >= 11 is 0. The average Bonchev–Trinajstić information content (AvgIpc) is 3.33. The number of para-hydroxylation sites is 1. The molecule has 1 heterocycles.